The molecule has 23 heteroatoms. The van der Waals surface area contributed by atoms with E-state index in [9.17, 15) is 14.4 Å². The number of carbonyl (C=O) groups excluding carboxylic acids is 2. The Kier molecular flexibility index (Phi) is 26.4. The van der Waals surface area contributed by atoms with Crippen LogP contribution in [0, 0.1) is 42.9 Å². The number of nitrogens with two attached hydrogens (primary N) is 5. The molecule has 12 aromatic rings. The van der Waals surface area contributed by atoms with E-state index in [1.165, 1.54) is 51.4 Å². The van der Waals surface area contributed by atoms with Crippen LogP contribution in [0.2, 0.25) is 5.02 Å². The lowest BCUT2D eigenvalue weighted by Gasteiger charge is -2.44. The van der Waals surface area contributed by atoms with Crippen molar-refractivity contribution in [3.63, 3.8) is 0 Å². The van der Waals surface area contributed by atoms with E-state index in [1.807, 2.05) is 159 Å². The number of aromatic carboxylic acids is 1. The van der Waals surface area contributed by atoms with Gasteiger partial charge in [-0.1, -0.05) is 121 Å². The number of aromatic nitrogens is 5. The van der Waals surface area contributed by atoms with Crippen LogP contribution in [0.3, 0.4) is 0 Å². The topological polar surface area (TPSA) is 337 Å². The highest BCUT2D eigenvalue weighted by Crippen LogP contribution is 2.46. The highest BCUT2D eigenvalue weighted by Gasteiger charge is 2.37. The number of para-hydroxylation sites is 1. The summed E-state index contributed by atoms with van der Waals surface area (Å²) in [6, 6.07) is 50.7. The quantitative estimate of drug-likeness (QED) is 0.0285. The van der Waals surface area contributed by atoms with Gasteiger partial charge in [0.15, 0.2) is 11.5 Å². The fraction of sp³-hybridized carbons (Fsp3) is 0.264. The second-order valence-electron chi connectivity index (χ2n) is 28.7. The van der Waals surface area contributed by atoms with Crippen molar-refractivity contribution in [3.8, 4) is 40.9 Å². The number of methoxy groups -OCH3 is 2. The molecular formula is C91H94ClN15O7. The van der Waals surface area contributed by atoms with Crippen molar-refractivity contribution >= 4 is 119 Å². The second kappa shape index (κ2) is 37.3. The maximum absolute atomic E-state index is 13.0. The lowest BCUT2D eigenvalue weighted by molar-refractivity contribution is -0.116. The van der Waals surface area contributed by atoms with Gasteiger partial charge in [0.05, 0.1) is 47.6 Å². The van der Waals surface area contributed by atoms with Crippen LogP contribution in [0.25, 0.3) is 43.4 Å². The fourth-order valence-electron chi connectivity index (χ4n) is 14.5. The van der Waals surface area contributed by atoms with Gasteiger partial charge in [-0.3, -0.25) is 14.6 Å². The molecule has 582 valence electrons. The summed E-state index contributed by atoms with van der Waals surface area (Å²) in [6.07, 6.45) is 18.2. The molecule has 1 atom stereocenters. The third-order valence-electron chi connectivity index (χ3n) is 20.9. The number of piperidine rings is 2. The molecule has 8 aromatic carbocycles. The fourth-order valence-corrected chi connectivity index (χ4v) is 14.7. The highest BCUT2D eigenvalue weighted by molar-refractivity contribution is 6.31. The Hall–Kier alpha value is -13.0. The van der Waals surface area contributed by atoms with Crippen LogP contribution in [0.1, 0.15) is 149 Å². The number of nitrogens with zero attached hydrogens (tertiary/aromatic N) is 8. The van der Waals surface area contributed by atoms with Gasteiger partial charge in [-0.05, 0) is 186 Å². The maximum Gasteiger partial charge on any atom is 0.335 e. The first-order chi connectivity index (χ1) is 55.1. The van der Waals surface area contributed by atoms with Crippen LogP contribution in [-0.2, 0) is 4.79 Å². The highest BCUT2D eigenvalue weighted by atomic mass is 35.5. The molecule has 1 saturated carbocycles. The standard InChI is InChI=1S/C28H28ClN3O.C24H30N6O3.C20H16N2O2.C19H20N4O/c29-23-10-9-22-19-31-26(30)24(25(22)18-23)11-6-20-4-7-21(8-5-20)27(33)32-16-14-28(15-17-32)12-2-1-3-13-28;1-32-20-14-19-18(15-26-24(25)29-19)22(23(20)33-2)28-17-8-6-16(7-9-17)27-21(31)10-13-30-11-4-3-5-12-30;1-12-3-5-16-11-22-19(21)17(18(16)9-12)8-7-14-10-15(20(23)24)6-4-13(14)2;1-12(13-6-5-7-14(10-13)19(21)22-2)24-17-11-18(20)23-16-9-4-3-8-15(16)17/h4-5,7-10,18-19H,1-3,12-17H2,(H2,30,31);6-9,14-15,28H,3-5,10-13H2,1-2H3,(H,27,31)(H2,25,26,29);3-6,9-11H,1-2H3,(H2,21,22)(H,23,24);3-12H,1-2H3,(H2,20,23)(H2,21,22). The van der Waals surface area contributed by atoms with Crippen molar-refractivity contribution in [1.82, 2.24) is 34.7 Å². The minimum atomic E-state index is -0.972. The lowest BCUT2D eigenvalue weighted by atomic mass is 9.68. The minimum Gasteiger partial charge on any atom is -0.493 e. The van der Waals surface area contributed by atoms with Crippen LogP contribution >= 0.6 is 11.6 Å². The summed E-state index contributed by atoms with van der Waals surface area (Å²) in [7, 11) is 4.82. The Bertz CT molecular complexity index is 5670. The molecule has 3 fully saturated rings. The number of nitrogens with one attached hydrogen (secondary N) is 2. The zero-order chi connectivity index (χ0) is 80.4. The van der Waals surface area contributed by atoms with Gasteiger partial charge < -0.3 is 68.4 Å². The van der Waals surface area contributed by atoms with Crippen molar-refractivity contribution in [3.05, 3.63) is 243 Å². The number of aliphatic imine (C=N–C) groups is 1. The first kappa shape index (κ1) is 80.5. The number of carboxylic acid groups (broad SMARTS) is 1. The number of rotatable bonds is 14. The van der Waals surface area contributed by atoms with Gasteiger partial charge in [-0.15, -0.1) is 0 Å². The number of halogens is 1. The number of likely N-dealkylation sites (tertiary alicyclic amines) is 2. The van der Waals surface area contributed by atoms with Crippen molar-refractivity contribution < 1.29 is 33.7 Å². The van der Waals surface area contributed by atoms with Gasteiger partial charge in [-0.2, -0.15) is 0 Å². The molecule has 6 heterocycles. The number of hydrogen-bond donors (Lipinski definition) is 8. The molecule has 0 bridgehead atoms. The van der Waals surface area contributed by atoms with Crippen molar-refractivity contribution in [2.45, 2.75) is 97.5 Å². The van der Waals surface area contributed by atoms with Crippen molar-refractivity contribution in [1.29, 1.82) is 0 Å². The first-order valence-corrected chi connectivity index (χ1v) is 38.5. The van der Waals surface area contributed by atoms with Gasteiger partial charge in [0.25, 0.3) is 5.91 Å². The molecule has 1 spiro atoms. The van der Waals surface area contributed by atoms with Crippen LogP contribution in [0.5, 0.6) is 17.2 Å². The number of fused-ring (bicyclic) bond motifs is 4. The molecular weight excluding hydrogens is 1450 g/mol. The number of hydrogen-bond acceptors (Lipinski definition) is 18. The third-order valence-corrected chi connectivity index (χ3v) is 21.2. The average molecular weight is 1550 g/mol. The normalized spacial score (nSPS) is 14.1. The van der Waals surface area contributed by atoms with Crippen LogP contribution in [0.15, 0.2) is 187 Å². The molecule has 22 nitrogen and oxygen atoms in total. The number of nitrogen functional groups attached to an aromatic ring is 4. The third kappa shape index (κ3) is 20.2. The number of anilines is 7. The summed E-state index contributed by atoms with van der Waals surface area (Å²) in [4.78, 5) is 66.1. The average Bonchev–Trinajstić information content (AvgIpc) is 0.779. The van der Waals surface area contributed by atoms with E-state index in [1.54, 1.807) is 70.2 Å². The van der Waals surface area contributed by atoms with Crippen LogP contribution in [-0.4, -0.2) is 117 Å². The molecule has 1 unspecified atom stereocenters. The molecule has 4 aromatic heterocycles. The summed E-state index contributed by atoms with van der Waals surface area (Å²) in [5.41, 5.74) is 41.5. The second-order valence-corrected chi connectivity index (χ2v) is 29.2. The van der Waals surface area contributed by atoms with Gasteiger partial charge in [0.1, 0.15) is 35.1 Å². The molecule has 0 radical (unpaired) electrons. The Morgan fingerprint density at radius 2 is 1.28 bits per heavy atom. The summed E-state index contributed by atoms with van der Waals surface area (Å²) < 4.78 is 17.2. The van der Waals surface area contributed by atoms with Gasteiger partial charge in [0.2, 0.25) is 11.9 Å². The molecule has 2 amide bonds. The number of amidine groups is 1. The number of benzene rings is 8. The maximum atomic E-state index is 13.0. The van der Waals surface area contributed by atoms with E-state index >= 15 is 0 Å². The number of carboxylic acids is 1. The molecule has 2 aliphatic heterocycles. The number of amides is 2. The summed E-state index contributed by atoms with van der Waals surface area (Å²) >= 11 is 6.17. The van der Waals surface area contributed by atoms with Crippen molar-refractivity contribution in [2.24, 2.45) is 16.1 Å². The van der Waals surface area contributed by atoms with Gasteiger partial charge in [-0.25, -0.2) is 29.7 Å². The molecule has 15 rings (SSSR count). The Labute approximate surface area is 668 Å². The van der Waals surface area contributed by atoms with E-state index in [4.69, 9.17) is 59.6 Å². The number of aryl methyl sites for hydroxylation is 2. The number of pyridine rings is 3. The van der Waals surface area contributed by atoms with Crippen LogP contribution in [0.4, 0.5) is 40.5 Å². The molecule has 1 aliphatic carbocycles. The number of carbonyl (C=O) groups is 3. The lowest BCUT2D eigenvalue weighted by Crippen LogP contribution is -2.43. The SMILES string of the molecule is CN=C(N)c1cccc(C(C)Oc2cc(N)nc3ccccc23)c1.COc1cc2nc(N)ncc2c(Nc2ccc(NC(=O)CCN3CCCCC3)cc2)c1OC.Cc1ccc2cnc(N)c(C#Cc3cc(C(=O)O)ccc3C)c2c1.Nc1ncc2ccc(Cl)cc2c1C#Cc1ccc(C(=O)N2CCC3(CCCCC3)CC2)cc1. The van der Waals surface area contributed by atoms with Gasteiger partial charge >= 0.3 is 5.97 Å². The van der Waals surface area contributed by atoms with E-state index < -0.39 is 5.97 Å². The predicted octanol–water partition coefficient (Wildman–Crippen LogP) is 16.7. The van der Waals surface area contributed by atoms with E-state index in [0.717, 1.165) is 128 Å². The van der Waals surface area contributed by atoms with Gasteiger partial charge in [0, 0.05) is 135 Å². The minimum absolute atomic E-state index is 0.0245. The van der Waals surface area contributed by atoms with E-state index in [-0.39, 0.29) is 29.4 Å². The van der Waals surface area contributed by atoms with E-state index in [0.29, 0.717) is 85.3 Å². The Balaban J connectivity index is 0.000000142. The summed E-state index contributed by atoms with van der Waals surface area (Å²) in [5, 5.41) is 21.5. The summed E-state index contributed by atoms with van der Waals surface area (Å²) in [5.74, 6) is 15.3. The molecule has 3 aliphatic rings. The monoisotopic (exact) mass is 1540 g/mol. The zero-order valence-corrected chi connectivity index (χ0v) is 65.7. The number of ether oxygens (including phenoxy) is 3. The predicted molar refractivity (Wildman–Crippen MR) is 458 cm³/mol. The van der Waals surface area contributed by atoms with Crippen molar-refractivity contribution in [2.75, 3.05) is 87.6 Å². The zero-order valence-electron chi connectivity index (χ0n) is 65.0. The summed E-state index contributed by atoms with van der Waals surface area (Å²) in [6.45, 7) is 10.6. The first-order valence-electron chi connectivity index (χ1n) is 38.1. The van der Waals surface area contributed by atoms with Crippen LogP contribution < -0.4 is 53.5 Å². The molecule has 13 N–H and O–H groups in total. The Morgan fingerprint density at radius 3 is 1.97 bits per heavy atom. The Morgan fingerprint density at radius 1 is 0.614 bits per heavy atom. The molecule has 114 heavy (non-hydrogen) atoms. The molecule has 2 saturated heterocycles. The largest absolute Gasteiger partial charge is 0.493 e. The van der Waals surface area contributed by atoms with E-state index in [2.05, 4.69) is 69.1 Å². The smallest absolute Gasteiger partial charge is 0.335 e.